The average Bonchev–Trinajstić information content (AvgIpc) is 2.39. The molecule has 0 fully saturated rings. The molecule has 0 heterocycles. The van der Waals surface area contributed by atoms with E-state index >= 15 is 0 Å². The van der Waals surface area contributed by atoms with Gasteiger partial charge in [0.05, 0.1) is 0 Å². The second kappa shape index (κ2) is 5.54. The molecule has 0 aliphatic rings. The summed E-state index contributed by atoms with van der Waals surface area (Å²) in [6, 6.07) is 19.0. The Morgan fingerprint density at radius 3 is 2.44 bits per heavy atom. The van der Waals surface area contributed by atoms with Gasteiger partial charge in [-0.2, -0.15) is 0 Å². The fraction of sp³-hybridized carbons (Fsp3) is 0.176. The Morgan fingerprint density at radius 1 is 1.06 bits per heavy atom. The van der Waals surface area contributed by atoms with Crippen molar-refractivity contribution in [2.45, 2.75) is 19.9 Å². The lowest BCUT2D eigenvalue weighted by molar-refractivity contribution is 0.702. The first-order valence-corrected chi connectivity index (χ1v) is 6.24. The van der Waals surface area contributed by atoms with Crippen molar-refractivity contribution in [1.29, 1.82) is 0 Å². The molecule has 1 nitrogen and oxygen atoms in total. The predicted molar refractivity (Wildman–Crippen MR) is 78.2 cm³/mol. The molecular formula is C17H19N. The van der Waals surface area contributed by atoms with Gasteiger partial charge < -0.3 is 5.32 Å². The number of aryl methyl sites for hydroxylation is 1. The Bertz CT molecular complexity index is 528. The fourth-order valence-electron chi connectivity index (χ4n) is 2.00. The normalized spacial score (nSPS) is 11.9. The van der Waals surface area contributed by atoms with E-state index in [-0.39, 0.29) is 6.04 Å². The standard InChI is InChI=1S/C17H19N/c1-13-8-7-11-17(12-13)15(3)18-14(2)16-9-5-4-6-10-16/h4-12,14,18H,3H2,1-2H3. The van der Waals surface area contributed by atoms with Crippen LogP contribution in [0.25, 0.3) is 5.70 Å². The van der Waals surface area contributed by atoms with Gasteiger partial charge in [0.1, 0.15) is 0 Å². The number of hydrogen-bond donors (Lipinski definition) is 1. The quantitative estimate of drug-likeness (QED) is 0.835. The second-order valence-electron chi connectivity index (χ2n) is 4.62. The van der Waals surface area contributed by atoms with Gasteiger partial charge in [0.15, 0.2) is 0 Å². The number of nitrogens with one attached hydrogen (secondary N) is 1. The highest BCUT2D eigenvalue weighted by Crippen LogP contribution is 2.18. The largest absolute Gasteiger partial charge is 0.379 e. The van der Waals surface area contributed by atoms with Crippen molar-refractivity contribution in [2.75, 3.05) is 0 Å². The summed E-state index contributed by atoms with van der Waals surface area (Å²) >= 11 is 0. The van der Waals surface area contributed by atoms with Crippen LogP contribution in [0.15, 0.2) is 61.2 Å². The second-order valence-corrected chi connectivity index (χ2v) is 4.62. The SMILES string of the molecule is C=C(NC(C)c1ccccc1)c1cccc(C)c1. The summed E-state index contributed by atoms with van der Waals surface area (Å²) in [4.78, 5) is 0. The van der Waals surface area contributed by atoms with Gasteiger partial charge in [0.25, 0.3) is 0 Å². The Labute approximate surface area is 109 Å². The molecule has 0 aromatic heterocycles. The molecule has 0 radical (unpaired) electrons. The summed E-state index contributed by atoms with van der Waals surface area (Å²) in [5, 5.41) is 3.45. The molecule has 1 atom stereocenters. The average molecular weight is 237 g/mol. The van der Waals surface area contributed by atoms with Crippen LogP contribution in [0.5, 0.6) is 0 Å². The Hall–Kier alpha value is -2.02. The number of hydrogen-bond acceptors (Lipinski definition) is 1. The van der Waals surface area contributed by atoms with Crippen molar-refractivity contribution >= 4 is 5.70 Å². The topological polar surface area (TPSA) is 12.0 Å². The maximum Gasteiger partial charge on any atom is 0.0485 e. The highest BCUT2D eigenvalue weighted by molar-refractivity contribution is 5.62. The van der Waals surface area contributed by atoms with E-state index in [0.29, 0.717) is 0 Å². The first-order chi connectivity index (χ1) is 8.66. The zero-order valence-corrected chi connectivity index (χ0v) is 11.0. The van der Waals surface area contributed by atoms with Gasteiger partial charge in [-0.1, -0.05) is 60.7 Å². The van der Waals surface area contributed by atoms with Crippen LogP contribution in [-0.4, -0.2) is 0 Å². The monoisotopic (exact) mass is 237 g/mol. The molecule has 2 rings (SSSR count). The molecular weight excluding hydrogens is 218 g/mol. The van der Waals surface area contributed by atoms with E-state index in [1.54, 1.807) is 0 Å². The molecule has 0 bridgehead atoms. The van der Waals surface area contributed by atoms with Crippen molar-refractivity contribution in [3.8, 4) is 0 Å². The fourth-order valence-corrected chi connectivity index (χ4v) is 2.00. The lowest BCUT2D eigenvalue weighted by Crippen LogP contribution is -2.16. The van der Waals surface area contributed by atoms with E-state index in [9.17, 15) is 0 Å². The minimum Gasteiger partial charge on any atom is -0.379 e. The first kappa shape index (κ1) is 12.4. The molecule has 1 unspecified atom stereocenters. The molecule has 18 heavy (non-hydrogen) atoms. The van der Waals surface area contributed by atoms with E-state index in [4.69, 9.17) is 0 Å². The van der Waals surface area contributed by atoms with Crippen molar-refractivity contribution in [3.63, 3.8) is 0 Å². The van der Waals surface area contributed by atoms with Gasteiger partial charge >= 0.3 is 0 Å². The molecule has 1 N–H and O–H groups in total. The van der Waals surface area contributed by atoms with Crippen LogP contribution >= 0.6 is 0 Å². The van der Waals surface area contributed by atoms with Crippen LogP contribution in [-0.2, 0) is 0 Å². The van der Waals surface area contributed by atoms with Crippen molar-refractivity contribution < 1.29 is 0 Å². The Morgan fingerprint density at radius 2 is 1.78 bits per heavy atom. The predicted octanol–water partition coefficient (Wildman–Crippen LogP) is 4.32. The van der Waals surface area contributed by atoms with Crippen molar-refractivity contribution in [2.24, 2.45) is 0 Å². The van der Waals surface area contributed by atoms with Gasteiger partial charge in [0, 0.05) is 11.7 Å². The Kier molecular flexibility index (Phi) is 3.83. The maximum atomic E-state index is 4.12. The minimum atomic E-state index is 0.263. The van der Waals surface area contributed by atoms with Gasteiger partial charge in [-0.25, -0.2) is 0 Å². The zero-order valence-electron chi connectivity index (χ0n) is 11.0. The van der Waals surface area contributed by atoms with Gasteiger partial charge in [-0.05, 0) is 31.0 Å². The summed E-state index contributed by atoms with van der Waals surface area (Å²) in [5.41, 5.74) is 4.64. The molecule has 0 aliphatic carbocycles. The molecule has 0 spiro atoms. The minimum absolute atomic E-state index is 0.263. The lowest BCUT2D eigenvalue weighted by Gasteiger charge is -2.18. The van der Waals surface area contributed by atoms with Crippen LogP contribution in [0, 0.1) is 6.92 Å². The highest BCUT2D eigenvalue weighted by atomic mass is 14.9. The van der Waals surface area contributed by atoms with Crippen LogP contribution in [0.2, 0.25) is 0 Å². The summed E-state index contributed by atoms with van der Waals surface area (Å²) in [6.45, 7) is 8.36. The van der Waals surface area contributed by atoms with Crippen LogP contribution in [0.4, 0.5) is 0 Å². The third kappa shape index (κ3) is 3.01. The highest BCUT2D eigenvalue weighted by Gasteiger charge is 2.06. The van der Waals surface area contributed by atoms with E-state index in [0.717, 1.165) is 11.3 Å². The summed E-state index contributed by atoms with van der Waals surface area (Å²) < 4.78 is 0. The van der Waals surface area contributed by atoms with E-state index in [2.05, 4.69) is 74.3 Å². The van der Waals surface area contributed by atoms with Crippen molar-refractivity contribution in [3.05, 3.63) is 77.9 Å². The lowest BCUT2D eigenvalue weighted by atomic mass is 10.1. The molecule has 92 valence electrons. The summed E-state index contributed by atoms with van der Waals surface area (Å²) in [6.07, 6.45) is 0. The molecule has 0 amide bonds. The van der Waals surface area contributed by atoms with Crippen molar-refractivity contribution in [1.82, 2.24) is 5.32 Å². The number of rotatable bonds is 4. The molecule has 0 saturated heterocycles. The summed E-state index contributed by atoms with van der Waals surface area (Å²) in [5.74, 6) is 0. The molecule has 0 saturated carbocycles. The van der Waals surface area contributed by atoms with Gasteiger partial charge in [0.2, 0.25) is 0 Å². The first-order valence-electron chi connectivity index (χ1n) is 6.24. The third-order valence-corrected chi connectivity index (χ3v) is 3.06. The van der Waals surface area contributed by atoms with E-state index < -0.39 is 0 Å². The van der Waals surface area contributed by atoms with Crippen LogP contribution in [0.3, 0.4) is 0 Å². The third-order valence-electron chi connectivity index (χ3n) is 3.06. The van der Waals surface area contributed by atoms with Gasteiger partial charge in [-0.3, -0.25) is 0 Å². The number of benzene rings is 2. The summed E-state index contributed by atoms with van der Waals surface area (Å²) in [7, 11) is 0. The van der Waals surface area contributed by atoms with Crippen LogP contribution in [0.1, 0.15) is 29.7 Å². The van der Waals surface area contributed by atoms with Gasteiger partial charge in [-0.15, -0.1) is 0 Å². The van der Waals surface area contributed by atoms with Crippen LogP contribution < -0.4 is 5.32 Å². The molecule has 1 heteroatoms. The molecule has 2 aromatic carbocycles. The molecule has 0 aliphatic heterocycles. The zero-order chi connectivity index (χ0) is 13.0. The van der Waals surface area contributed by atoms with E-state index in [1.165, 1.54) is 11.1 Å². The smallest absolute Gasteiger partial charge is 0.0485 e. The molecule has 2 aromatic rings. The van der Waals surface area contributed by atoms with E-state index in [1.807, 2.05) is 6.07 Å². The Balaban J connectivity index is 2.08. The maximum absolute atomic E-state index is 4.12.